The first-order valence-corrected chi connectivity index (χ1v) is 18.9. The smallest absolute Gasteiger partial charge is 0.311 e. The predicted molar refractivity (Wildman–Crippen MR) is 190 cm³/mol. The van der Waals surface area contributed by atoms with Gasteiger partial charge < -0.3 is 63.6 Å². The maximum atomic E-state index is 14.2. The largest absolute Gasteiger partial charge is 0.489 e. The summed E-state index contributed by atoms with van der Waals surface area (Å²) in [6.45, 7) is 19.8. The van der Waals surface area contributed by atoms with E-state index in [1.165, 1.54) is 21.0 Å². The highest BCUT2D eigenvalue weighted by atomic mass is 16.7. The van der Waals surface area contributed by atoms with Gasteiger partial charge in [0.25, 0.3) is 0 Å². The third-order valence-electron chi connectivity index (χ3n) is 12.3. The van der Waals surface area contributed by atoms with Crippen molar-refractivity contribution in [2.24, 2.45) is 17.8 Å². The summed E-state index contributed by atoms with van der Waals surface area (Å²) < 4.78 is 44.5. The number of carbonyl (C=O) groups is 1. The minimum Gasteiger partial charge on any atom is -0.489 e. The van der Waals surface area contributed by atoms with Gasteiger partial charge in [-0.1, -0.05) is 20.8 Å². The monoisotopic (exact) mass is 745 g/mol. The molecule has 0 aromatic rings. The summed E-state index contributed by atoms with van der Waals surface area (Å²) in [5, 5.41) is 56.9. The summed E-state index contributed by atoms with van der Waals surface area (Å²) in [5.74, 6) is -2.87. The van der Waals surface area contributed by atoms with Gasteiger partial charge in [0.2, 0.25) is 0 Å². The van der Waals surface area contributed by atoms with Gasteiger partial charge in [0.05, 0.1) is 42.0 Å². The standard InChI is InChI=1S/C38H67NO13/c1-14-39(12)25-15-19(3)47-35(27(25)41)51-32-21(5)29(49-26-17-36(9,46-13)31(43)24(8)48-26)22(6)34(44)50-33(23(7)40)38(11,45)30(42)20(4)28-18(2)16-37(32,10)52-28/h19-27,29-33,35,40-43,45H,14-17H2,1-13H3. The van der Waals surface area contributed by atoms with E-state index >= 15 is 0 Å². The molecule has 4 rings (SSSR count). The molecule has 0 aromatic heterocycles. The summed E-state index contributed by atoms with van der Waals surface area (Å²) in [4.78, 5) is 16.2. The summed E-state index contributed by atoms with van der Waals surface area (Å²) >= 11 is 0. The number of nitrogens with zero attached hydrogens (tertiary/aromatic N) is 1. The highest BCUT2D eigenvalue weighted by Crippen LogP contribution is 2.47. The van der Waals surface area contributed by atoms with Gasteiger partial charge in [-0.2, -0.15) is 0 Å². The molecule has 0 saturated carbocycles. The van der Waals surface area contributed by atoms with Crippen molar-refractivity contribution in [2.75, 3.05) is 20.7 Å². The average molecular weight is 746 g/mol. The van der Waals surface area contributed by atoms with E-state index in [0.29, 0.717) is 25.1 Å². The van der Waals surface area contributed by atoms with Crippen LogP contribution in [0, 0.1) is 17.8 Å². The normalized spacial score (nSPS) is 48.7. The van der Waals surface area contributed by atoms with Crippen LogP contribution in [0.3, 0.4) is 0 Å². The average Bonchev–Trinajstić information content (AvgIpc) is 3.40. The van der Waals surface area contributed by atoms with Crippen molar-refractivity contribution >= 4 is 5.97 Å². The van der Waals surface area contributed by atoms with Crippen LogP contribution in [0.15, 0.2) is 11.3 Å². The SMILES string of the molecule is CCN(C)C1CC(C)OC(OC2C(C)C(OC3CC(C)(OC)C(O)C(C)O3)C(C)C(=O)OC(C(C)O)C(C)(O)C(O)C(C)C3=C(C)CC2(C)O3)C1O. The molecule has 4 heterocycles. The Morgan fingerprint density at radius 1 is 1.00 bits per heavy atom. The molecule has 0 amide bonds. The van der Waals surface area contributed by atoms with Gasteiger partial charge in [-0.05, 0) is 81.0 Å². The Morgan fingerprint density at radius 3 is 2.21 bits per heavy atom. The number of rotatable bonds is 8. The maximum Gasteiger partial charge on any atom is 0.311 e. The van der Waals surface area contributed by atoms with E-state index in [0.717, 1.165) is 5.57 Å². The summed E-state index contributed by atoms with van der Waals surface area (Å²) in [6, 6.07) is -0.248. The van der Waals surface area contributed by atoms with Crippen molar-refractivity contribution in [1.82, 2.24) is 4.90 Å². The molecule has 0 radical (unpaired) electrons. The highest BCUT2D eigenvalue weighted by Gasteiger charge is 2.56. The highest BCUT2D eigenvalue weighted by molar-refractivity contribution is 5.73. The van der Waals surface area contributed by atoms with Crippen molar-refractivity contribution in [1.29, 1.82) is 0 Å². The first kappa shape index (κ1) is 43.3. The lowest BCUT2D eigenvalue weighted by Gasteiger charge is -2.48. The Morgan fingerprint density at radius 2 is 1.63 bits per heavy atom. The number of fused-ring (bicyclic) bond motifs is 2. The molecular weight excluding hydrogens is 678 g/mol. The lowest BCUT2D eigenvalue weighted by Crippen LogP contribution is -2.60. The Bertz CT molecular complexity index is 1260. The number of hydrogen-bond donors (Lipinski definition) is 5. The molecule has 0 aromatic carbocycles. The van der Waals surface area contributed by atoms with Crippen LogP contribution in [0.4, 0.5) is 0 Å². The second-order valence-corrected chi connectivity index (χ2v) is 16.7. The lowest BCUT2D eigenvalue weighted by molar-refractivity contribution is -0.317. The number of methoxy groups -OCH3 is 1. The zero-order valence-electron chi connectivity index (χ0n) is 33.4. The molecule has 18 unspecified atom stereocenters. The molecular formula is C38H67NO13. The molecule has 0 aliphatic carbocycles. The van der Waals surface area contributed by atoms with Crippen LogP contribution in [0.5, 0.6) is 0 Å². The van der Waals surface area contributed by atoms with Crippen molar-refractivity contribution < 1.29 is 63.5 Å². The quantitative estimate of drug-likeness (QED) is 0.228. The van der Waals surface area contributed by atoms with Crippen molar-refractivity contribution in [3.05, 3.63) is 11.3 Å². The third kappa shape index (κ3) is 8.37. The summed E-state index contributed by atoms with van der Waals surface area (Å²) in [7, 11) is 3.45. The number of aliphatic hydroxyl groups is 5. The van der Waals surface area contributed by atoms with E-state index in [1.54, 1.807) is 27.7 Å². The summed E-state index contributed by atoms with van der Waals surface area (Å²) in [6.07, 6.45) is -10.1. The van der Waals surface area contributed by atoms with Gasteiger partial charge in [0.1, 0.15) is 35.3 Å². The first-order valence-electron chi connectivity index (χ1n) is 18.9. The van der Waals surface area contributed by atoms with E-state index in [4.69, 9.17) is 33.2 Å². The molecule has 4 aliphatic heterocycles. The molecule has 302 valence electrons. The predicted octanol–water partition coefficient (Wildman–Crippen LogP) is 2.25. The molecule has 52 heavy (non-hydrogen) atoms. The van der Waals surface area contributed by atoms with E-state index < -0.39 is 102 Å². The van der Waals surface area contributed by atoms with Crippen molar-refractivity contribution in [2.45, 2.75) is 186 Å². The van der Waals surface area contributed by atoms with Gasteiger partial charge in [-0.15, -0.1) is 0 Å². The minimum atomic E-state index is -2.10. The van der Waals surface area contributed by atoms with Gasteiger partial charge in [0.15, 0.2) is 18.7 Å². The molecule has 4 aliphatic rings. The topological polar surface area (TPSA) is 186 Å². The van der Waals surface area contributed by atoms with E-state index in [1.807, 2.05) is 41.7 Å². The molecule has 14 heteroatoms. The first-order chi connectivity index (χ1) is 24.0. The Kier molecular flexibility index (Phi) is 13.6. The maximum absolute atomic E-state index is 14.2. The molecule has 3 saturated heterocycles. The van der Waals surface area contributed by atoms with Crippen LogP contribution in [-0.2, 0) is 38.0 Å². The zero-order chi connectivity index (χ0) is 39.2. The van der Waals surface area contributed by atoms with E-state index in [9.17, 15) is 30.3 Å². The van der Waals surface area contributed by atoms with E-state index in [2.05, 4.69) is 4.90 Å². The van der Waals surface area contributed by atoms with Gasteiger partial charge in [-0.25, -0.2) is 0 Å². The van der Waals surface area contributed by atoms with Gasteiger partial charge >= 0.3 is 5.97 Å². The number of cyclic esters (lactones) is 1. The van der Waals surface area contributed by atoms with Crippen LogP contribution < -0.4 is 0 Å². The third-order valence-corrected chi connectivity index (χ3v) is 12.3. The number of ether oxygens (including phenoxy) is 7. The Labute approximate surface area is 309 Å². The number of esters is 1. The Balaban J connectivity index is 1.86. The summed E-state index contributed by atoms with van der Waals surface area (Å²) in [5.41, 5.74) is -3.44. The molecule has 14 nitrogen and oxygen atoms in total. The molecule has 2 bridgehead atoms. The Hall–Kier alpha value is -1.43. The molecule has 0 spiro atoms. The number of hydrogen-bond acceptors (Lipinski definition) is 14. The minimum absolute atomic E-state index is 0.131. The molecule has 5 N–H and O–H groups in total. The van der Waals surface area contributed by atoms with Gasteiger partial charge in [0, 0.05) is 37.8 Å². The van der Waals surface area contributed by atoms with Crippen LogP contribution in [0.2, 0.25) is 0 Å². The number of carbonyl (C=O) groups excluding carboxylic acids is 1. The van der Waals surface area contributed by atoms with E-state index in [-0.39, 0.29) is 18.6 Å². The van der Waals surface area contributed by atoms with Crippen LogP contribution in [0.1, 0.15) is 95.4 Å². The second kappa shape index (κ2) is 16.4. The number of likely N-dealkylation sites (N-methyl/N-ethyl adjacent to an activating group) is 1. The second-order valence-electron chi connectivity index (χ2n) is 16.7. The van der Waals surface area contributed by atoms with Crippen LogP contribution in [-0.4, -0.2) is 147 Å². The molecule has 18 atom stereocenters. The molecule has 3 fully saturated rings. The fraction of sp³-hybridized carbons (Fsp3) is 0.921. The number of aliphatic hydroxyl groups excluding tert-OH is 4. The fourth-order valence-corrected chi connectivity index (χ4v) is 8.94. The zero-order valence-corrected chi connectivity index (χ0v) is 33.4. The van der Waals surface area contributed by atoms with Crippen LogP contribution in [0.25, 0.3) is 0 Å². The van der Waals surface area contributed by atoms with Crippen LogP contribution >= 0.6 is 0 Å². The van der Waals surface area contributed by atoms with Crippen molar-refractivity contribution in [3.63, 3.8) is 0 Å². The van der Waals surface area contributed by atoms with Gasteiger partial charge in [-0.3, -0.25) is 4.79 Å². The lowest BCUT2D eigenvalue weighted by atomic mass is 9.78. The fourth-order valence-electron chi connectivity index (χ4n) is 8.94. The van der Waals surface area contributed by atoms with Crippen molar-refractivity contribution in [3.8, 4) is 0 Å².